The summed E-state index contributed by atoms with van der Waals surface area (Å²) < 4.78 is 50.5. The number of H-pyrrole nitrogens is 3. The number of pyridine rings is 5. The van der Waals surface area contributed by atoms with Crippen LogP contribution in [-0.4, -0.2) is 180 Å². The molecule has 9 N–H and O–H groups in total. The third-order valence-corrected chi connectivity index (χ3v) is 20.0. The zero-order valence-electron chi connectivity index (χ0n) is 68.9. The van der Waals surface area contributed by atoms with Crippen LogP contribution in [0.15, 0.2) is 300 Å². The summed E-state index contributed by atoms with van der Waals surface area (Å²) in [6.07, 6.45) is 27.9. The van der Waals surface area contributed by atoms with Gasteiger partial charge >= 0.3 is 78.3 Å². The number of aldehydes is 2. The van der Waals surface area contributed by atoms with Crippen molar-refractivity contribution in [2.45, 2.75) is 19.2 Å². The second kappa shape index (κ2) is 52.8. The Morgan fingerprint density at radius 3 is 1.43 bits per heavy atom. The fraction of sp³-hybridized carbons (Fsp3) is 0.0814. The van der Waals surface area contributed by atoms with Crippen LogP contribution in [0.3, 0.4) is 0 Å². The molecule has 0 saturated heterocycles. The molecule has 636 valence electrons. The first-order valence-corrected chi connectivity index (χ1v) is 40.0. The molecule has 1 unspecified atom stereocenters. The van der Waals surface area contributed by atoms with Crippen molar-refractivity contribution in [3.8, 4) is 68.1 Å². The number of rotatable bonds is 13. The van der Waals surface area contributed by atoms with Gasteiger partial charge in [0.1, 0.15) is 62.0 Å². The minimum absolute atomic E-state index is 0. The van der Waals surface area contributed by atoms with E-state index < -0.39 is 17.9 Å². The summed E-state index contributed by atoms with van der Waals surface area (Å²) in [6, 6.07) is 50.3. The van der Waals surface area contributed by atoms with E-state index in [1.165, 1.54) is 44.3 Å². The number of amides is 2. The van der Waals surface area contributed by atoms with Crippen LogP contribution < -0.4 is 74.1 Å². The number of halogens is 4. The third kappa shape index (κ3) is 28.3. The minimum atomic E-state index is -1.53. The molecule has 0 fully saturated rings. The van der Waals surface area contributed by atoms with E-state index in [2.05, 4.69) is 138 Å². The number of oxazole rings is 3. The maximum Gasteiger partial charge on any atom is 1.00 e. The molecule has 13 heterocycles. The summed E-state index contributed by atoms with van der Waals surface area (Å²) in [6.45, 7) is 8.53. The molecule has 0 spiro atoms. The number of nitrogens with one attached hydrogen (secondary N) is 3. The average Bonchev–Trinajstić information content (AvgIpc) is 1.60. The van der Waals surface area contributed by atoms with E-state index in [9.17, 15) is 23.4 Å². The minimum Gasteiger partial charge on any atom is -0.870 e. The molecular weight excluding hydrogens is 2150 g/mol. The van der Waals surface area contributed by atoms with Crippen LogP contribution in [0, 0.1) is 44.6 Å². The van der Waals surface area contributed by atoms with Crippen molar-refractivity contribution in [3.05, 3.63) is 310 Å². The molecule has 31 nitrogen and oxygen atoms in total. The van der Waals surface area contributed by atoms with E-state index >= 15 is 0 Å². The predicted octanol–water partition coefficient (Wildman–Crippen LogP) is 11.9. The zero-order chi connectivity index (χ0) is 86.1. The van der Waals surface area contributed by atoms with E-state index in [4.69, 9.17) is 40.7 Å². The second-order valence-electron chi connectivity index (χ2n) is 25.7. The Kier molecular flexibility index (Phi) is 44.5. The summed E-state index contributed by atoms with van der Waals surface area (Å²) in [5.41, 5.74) is 10.6. The molecule has 13 aromatic heterocycles. The van der Waals surface area contributed by atoms with E-state index in [1.807, 2.05) is 129 Å². The van der Waals surface area contributed by atoms with Crippen LogP contribution in [0.5, 0.6) is 23.0 Å². The van der Waals surface area contributed by atoms with Crippen molar-refractivity contribution in [2.24, 2.45) is 0 Å². The van der Waals surface area contributed by atoms with Crippen LogP contribution in [0.4, 0.5) is 9.59 Å². The van der Waals surface area contributed by atoms with Crippen LogP contribution in [-0.2, 0) is 10.8 Å². The van der Waals surface area contributed by atoms with E-state index in [0.29, 0.717) is 56.3 Å². The molecule has 5 aromatic carbocycles. The van der Waals surface area contributed by atoms with Gasteiger partial charge in [-0.25, -0.2) is 60.2 Å². The molecule has 0 bridgehead atoms. The number of para-hydroxylation sites is 4. The number of benzene rings is 5. The van der Waals surface area contributed by atoms with Crippen molar-refractivity contribution < 1.29 is 163 Å². The Bertz CT molecular complexity index is 6610. The smallest absolute Gasteiger partial charge is 0.870 e. The Morgan fingerprint density at radius 2 is 0.945 bits per heavy atom. The molecule has 2 amide bonds. The first-order chi connectivity index (χ1) is 58.7. The normalized spacial score (nSPS) is 10.2. The van der Waals surface area contributed by atoms with Crippen LogP contribution >= 0.6 is 63.7 Å². The van der Waals surface area contributed by atoms with Gasteiger partial charge in [-0.2, -0.15) is 0 Å². The molecule has 18 rings (SSSR count). The van der Waals surface area contributed by atoms with Crippen LogP contribution in [0.2, 0.25) is 0 Å². The molecule has 0 aliphatic heterocycles. The number of ether oxygens (including phenoxy) is 2. The van der Waals surface area contributed by atoms with Gasteiger partial charge in [0.2, 0.25) is 0 Å². The van der Waals surface area contributed by atoms with E-state index in [-0.39, 0.29) is 132 Å². The van der Waals surface area contributed by atoms with Crippen molar-refractivity contribution in [2.75, 3.05) is 34.1 Å². The van der Waals surface area contributed by atoms with Crippen LogP contribution in [0.1, 0.15) is 33.7 Å². The summed E-state index contributed by atoms with van der Waals surface area (Å²) in [7, 11) is 7.76. The topological polar surface area (TPSA) is 446 Å². The predicted molar refractivity (Wildman–Crippen MR) is 490 cm³/mol. The van der Waals surface area contributed by atoms with Gasteiger partial charge in [-0.1, -0.05) is 97.9 Å². The number of carbonyl (C=O) groups excluding carboxylic acids is 4. The number of fused-ring (bicyclic) bond motifs is 5. The first-order valence-electron chi connectivity index (χ1n) is 36.1. The van der Waals surface area contributed by atoms with Crippen molar-refractivity contribution in [1.82, 2.24) is 73.8 Å². The maximum atomic E-state index is 12.2. The van der Waals surface area contributed by atoms with Gasteiger partial charge in [-0.3, -0.25) is 18.7 Å². The van der Waals surface area contributed by atoms with Gasteiger partial charge in [0.25, 0.3) is 5.88 Å². The molecular formula is C86H76B2Br4N16Na2O15SU. The second-order valence-corrected chi connectivity index (χ2v) is 30.7. The standard InChI is InChI=1S/C22H15N3O2.C13H11BrN4O2.C12H11BO3.C11H10BrN3O2.C10H6BrN3O.C9H9NOS.C8H5BrN2O.CH4.BH.2Na.3H2O.U/c1-2-6-16(7-3-1)27-20-9-5-4-8-17(20)15-10-18-19(21-13-23-14-26-21)12-25-22(18)24-11-15;1-17(2)13(19)18-6-10(11-5-15-7-20-11)9-3-8(14)4-16-12(9)18;14-13(15)11-8-4-5-9-12(11)16-10-6-2-1-3-7-10;1-14(2)11(17)15-5-7(6-16)9-3-8(12)4-13-10(9)15;11-6-1-7-8(9-4-12-5-15-9)3-14-10(7)13-2-6;1-8-3-5-9(6-4-8)12(11)7-10-2;9-6-1-7-5(4-12)2-10-8(7)11-3-6;;;;;;;;/h1-14H,(H,24,25);3-7H,1-2H3;1-9,14-15H;3-6H,1-2H3;1-5H,(H,13,14);3-6H,7H2,1H3;1-4H,(H,10,11);1H4;1H;;;3*1H2;/q;;;;;;;;;2*+1;;;;/p-2/i;;;;;;;;1D;;;;;;. The zero-order valence-corrected chi connectivity index (χ0v) is 83.3. The van der Waals surface area contributed by atoms with Gasteiger partial charge in [0.15, 0.2) is 49.0 Å². The van der Waals surface area contributed by atoms with Crippen molar-refractivity contribution in [1.29, 1.82) is 1.34 Å². The van der Waals surface area contributed by atoms with E-state index in [1.54, 1.807) is 139 Å². The molecule has 2 radical (unpaired) electrons. The summed E-state index contributed by atoms with van der Waals surface area (Å²) >= 11 is 13.4. The molecule has 18 aromatic rings. The molecule has 41 heteroatoms. The van der Waals surface area contributed by atoms with Gasteiger partial charge in [0, 0.05) is 224 Å². The van der Waals surface area contributed by atoms with Crippen molar-refractivity contribution >= 4 is 175 Å². The third-order valence-electron chi connectivity index (χ3n) is 17.1. The molecule has 0 aliphatic rings. The Morgan fingerprint density at radius 1 is 0.535 bits per heavy atom. The van der Waals surface area contributed by atoms with Crippen molar-refractivity contribution in [3.63, 3.8) is 0 Å². The number of hydrogen-bond donors (Lipinski definition) is 5. The number of aryl methyl sites for hydroxylation is 1. The molecule has 127 heavy (non-hydrogen) atoms. The Hall–Kier alpha value is -10.4. The largest absolute Gasteiger partial charge is 1.00 e. The van der Waals surface area contributed by atoms with Gasteiger partial charge in [-0.15, -0.1) is 0 Å². The fourth-order valence-electron chi connectivity index (χ4n) is 11.5. The Labute approximate surface area is 835 Å². The fourth-order valence-corrected chi connectivity index (χ4v) is 13.5. The van der Waals surface area contributed by atoms with Gasteiger partial charge in [0.05, 0.1) is 18.6 Å². The maximum absolute atomic E-state index is 12.2. The number of aromatic amines is 3. The Balaban J connectivity index is 0.000000314. The quantitative estimate of drug-likeness (QED) is 0.0406. The number of nitrogens with zero attached hydrogens (tertiary/aromatic N) is 13. The van der Waals surface area contributed by atoms with Gasteiger partial charge in [-0.05, 0) is 151 Å². The SMILES string of the molecule is Brc1cnc2[nH]cc(-c3cnco3)c2c1.C.CN(C)C(=O)n1cc(-c2cnco2)c2cc(Br)cnc21.CN(C)C(=O)n1cc(C=O)c2cc(Br)cnc21.O.O=Cc1c[nH]c2ncc(Br)cc12.OB(O)c1ccccc1Oc1ccccc1.[2H][B].[C-]#[N+]CS(=O)c1ccc(C)cc1.[Na+].[Na+].[OH-].[OH-].[U].c1ccc(Oc2ccccc2-c2cnc3[nH]cc(-c4cnco4)c3c2)cc1. The number of carbonyl (C=O) groups is 4. The summed E-state index contributed by atoms with van der Waals surface area (Å²) in [5, 5.41) is 22.6. The number of hydrogen-bond acceptors (Lipinski definition) is 22. The molecule has 0 saturated carbocycles. The summed E-state index contributed by atoms with van der Waals surface area (Å²) in [5.74, 6) is 4.78. The van der Waals surface area contributed by atoms with Crippen LogP contribution in [0.25, 0.3) is 105 Å². The van der Waals surface area contributed by atoms with Gasteiger partial charge < -0.3 is 78.8 Å². The first kappa shape index (κ1) is 107. The molecule has 1 atom stereocenters. The number of aromatic nitrogens is 13. The molecule has 0 aliphatic carbocycles. The average molecular weight is 2230 g/mol. The monoisotopic (exact) mass is 2230 g/mol. The van der Waals surface area contributed by atoms with E-state index in [0.717, 1.165) is 124 Å². The summed E-state index contributed by atoms with van der Waals surface area (Å²) in [4.78, 5) is 94.7.